The van der Waals surface area contributed by atoms with Gasteiger partial charge in [0.2, 0.25) is 0 Å². The van der Waals surface area contributed by atoms with Crippen LogP contribution in [0.4, 0.5) is 0 Å². The van der Waals surface area contributed by atoms with E-state index in [1.165, 1.54) is 0 Å². The lowest BCUT2D eigenvalue weighted by molar-refractivity contribution is 0.105. The van der Waals surface area contributed by atoms with Crippen LogP contribution < -0.4 is 10.6 Å². The van der Waals surface area contributed by atoms with Gasteiger partial charge in [-0.05, 0) is 37.6 Å². The molecular formula is C20H27N5O2. The minimum absolute atomic E-state index is 0.508. The molecule has 0 saturated carbocycles. The van der Waals surface area contributed by atoms with Gasteiger partial charge >= 0.3 is 0 Å². The number of aliphatic imine (C=N–C) groups is 1. The molecule has 0 atom stereocenters. The molecule has 3 aromatic rings. The number of aryl methyl sites for hydroxylation is 1. The van der Waals surface area contributed by atoms with E-state index >= 15 is 0 Å². The molecule has 0 unspecified atom stereocenters. The molecule has 2 N–H and O–H groups in total. The summed E-state index contributed by atoms with van der Waals surface area (Å²) in [5.41, 5.74) is 2.12. The van der Waals surface area contributed by atoms with Crippen molar-refractivity contribution in [2.45, 2.75) is 26.5 Å². The molecule has 0 fully saturated rings. The fourth-order valence-corrected chi connectivity index (χ4v) is 2.78. The van der Waals surface area contributed by atoms with Gasteiger partial charge in [-0.15, -0.1) is 0 Å². The summed E-state index contributed by atoms with van der Waals surface area (Å²) in [6.45, 7) is 5.34. The molecule has 2 aromatic heterocycles. The molecule has 0 bridgehead atoms. The van der Waals surface area contributed by atoms with Gasteiger partial charge in [-0.25, -0.2) is 9.98 Å². The van der Waals surface area contributed by atoms with Crippen molar-refractivity contribution in [3.8, 4) is 0 Å². The summed E-state index contributed by atoms with van der Waals surface area (Å²) < 4.78 is 12.9. The van der Waals surface area contributed by atoms with E-state index in [4.69, 9.17) is 9.15 Å². The first-order valence-corrected chi connectivity index (χ1v) is 9.30. The van der Waals surface area contributed by atoms with Crippen LogP contribution in [0, 0.1) is 0 Å². The molecule has 0 saturated heterocycles. The molecule has 3 rings (SSSR count). The summed E-state index contributed by atoms with van der Waals surface area (Å²) in [4.78, 5) is 9.31. The zero-order valence-electron chi connectivity index (χ0n) is 15.9. The zero-order chi connectivity index (χ0) is 18.9. The third kappa shape index (κ3) is 5.34. The summed E-state index contributed by atoms with van der Waals surface area (Å²) in [5, 5.41) is 6.60. The SMILES string of the molecule is CCNC(=NCc1nc2ccccc2n1C)NCCCOCc1ccco1. The second-order valence-electron chi connectivity index (χ2n) is 6.18. The normalized spacial score (nSPS) is 11.9. The Balaban J connectivity index is 1.46. The van der Waals surface area contributed by atoms with Gasteiger partial charge in [-0.2, -0.15) is 0 Å². The Bertz CT molecular complexity index is 855. The van der Waals surface area contributed by atoms with E-state index < -0.39 is 0 Å². The maximum atomic E-state index is 5.59. The molecular weight excluding hydrogens is 342 g/mol. The van der Waals surface area contributed by atoms with E-state index in [0.29, 0.717) is 19.8 Å². The van der Waals surface area contributed by atoms with Gasteiger partial charge in [0, 0.05) is 26.7 Å². The number of aromatic nitrogens is 2. The van der Waals surface area contributed by atoms with Gasteiger partial charge in [0.15, 0.2) is 5.96 Å². The second-order valence-corrected chi connectivity index (χ2v) is 6.18. The van der Waals surface area contributed by atoms with Gasteiger partial charge in [0.25, 0.3) is 0 Å². The molecule has 7 nitrogen and oxygen atoms in total. The number of hydrogen-bond acceptors (Lipinski definition) is 4. The molecule has 27 heavy (non-hydrogen) atoms. The first-order chi connectivity index (χ1) is 13.3. The highest BCUT2D eigenvalue weighted by atomic mass is 16.5. The summed E-state index contributed by atoms with van der Waals surface area (Å²) in [6, 6.07) is 11.9. The molecule has 0 aliphatic rings. The van der Waals surface area contributed by atoms with Crippen LogP contribution in [0.1, 0.15) is 24.9 Å². The summed E-state index contributed by atoms with van der Waals surface area (Å²) in [6.07, 6.45) is 2.54. The highest BCUT2D eigenvalue weighted by molar-refractivity contribution is 5.80. The van der Waals surface area contributed by atoms with Crippen molar-refractivity contribution >= 4 is 17.0 Å². The van der Waals surface area contributed by atoms with Gasteiger partial charge in [-0.3, -0.25) is 0 Å². The highest BCUT2D eigenvalue weighted by Crippen LogP contribution is 2.14. The van der Waals surface area contributed by atoms with Crippen LogP contribution in [-0.4, -0.2) is 35.2 Å². The largest absolute Gasteiger partial charge is 0.467 e. The Hall–Kier alpha value is -2.80. The van der Waals surface area contributed by atoms with Crippen molar-refractivity contribution < 1.29 is 9.15 Å². The molecule has 7 heteroatoms. The Morgan fingerprint density at radius 1 is 1.22 bits per heavy atom. The minimum atomic E-state index is 0.508. The number of nitrogens with zero attached hydrogens (tertiary/aromatic N) is 3. The van der Waals surface area contributed by atoms with Gasteiger partial charge in [-0.1, -0.05) is 12.1 Å². The number of rotatable bonds is 9. The maximum absolute atomic E-state index is 5.59. The van der Waals surface area contributed by atoms with E-state index in [0.717, 1.165) is 48.1 Å². The monoisotopic (exact) mass is 369 g/mol. The minimum Gasteiger partial charge on any atom is -0.467 e. The number of imidazole rings is 1. The zero-order valence-corrected chi connectivity index (χ0v) is 15.9. The third-order valence-electron chi connectivity index (χ3n) is 4.18. The van der Waals surface area contributed by atoms with E-state index in [1.54, 1.807) is 6.26 Å². The number of nitrogens with one attached hydrogen (secondary N) is 2. The van der Waals surface area contributed by atoms with Gasteiger partial charge in [0.05, 0.1) is 17.3 Å². The Morgan fingerprint density at radius 2 is 2.11 bits per heavy atom. The highest BCUT2D eigenvalue weighted by Gasteiger charge is 2.06. The first-order valence-electron chi connectivity index (χ1n) is 9.30. The van der Waals surface area contributed by atoms with Gasteiger partial charge < -0.3 is 24.4 Å². The second kappa shape index (κ2) is 9.78. The molecule has 0 aliphatic carbocycles. The van der Waals surface area contributed by atoms with Crippen LogP contribution in [0.3, 0.4) is 0 Å². The Labute approximate surface area is 159 Å². The van der Waals surface area contributed by atoms with Crippen molar-refractivity contribution in [1.82, 2.24) is 20.2 Å². The quantitative estimate of drug-likeness (QED) is 0.345. The lowest BCUT2D eigenvalue weighted by Gasteiger charge is -2.11. The molecule has 0 spiro atoms. The van der Waals surface area contributed by atoms with Gasteiger partial charge in [0.1, 0.15) is 24.7 Å². The number of ether oxygens (including phenoxy) is 1. The predicted molar refractivity (Wildman–Crippen MR) is 107 cm³/mol. The van der Waals surface area contributed by atoms with Crippen LogP contribution in [0.25, 0.3) is 11.0 Å². The average molecular weight is 369 g/mol. The Morgan fingerprint density at radius 3 is 2.89 bits per heavy atom. The third-order valence-corrected chi connectivity index (χ3v) is 4.18. The van der Waals surface area contributed by atoms with Crippen molar-refractivity contribution in [3.05, 3.63) is 54.2 Å². The number of hydrogen-bond donors (Lipinski definition) is 2. The van der Waals surface area contributed by atoms with Crippen LogP contribution in [0.2, 0.25) is 0 Å². The van der Waals surface area contributed by atoms with E-state index in [9.17, 15) is 0 Å². The van der Waals surface area contributed by atoms with E-state index in [2.05, 4.69) is 38.2 Å². The molecule has 0 amide bonds. The van der Waals surface area contributed by atoms with Crippen LogP contribution in [0.15, 0.2) is 52.1 Å². The topological polar surface area (TPSA) is 76.6 Å². The molecule has 144 valence electrons. The van der Waals surface area contributed by atoms with E-state index in [1.807, 2.05) is 37.4 Å². The lowest BCUT2D eigenvalue weighted by atomic mass is 10.3. The number of fused-ring (bicyclic) bond motifs is 1. The standard InChI is InChI=1S/C20H27N5O2/c1-3-21-20(22-11-7-12-26-15-16-8-6-13-27-16)23-14-19-24-17-9-4-5-10-18(17)25(19)2/h4-6,8-10,13H,3,7,11-12,14-15H2,1-2H3,(H2,21,22,23). The smallest absolute Gasteiger partial charge is 0.191 e. The van der Waals surface area contributed by atoms with Crippen molar-refractivity contribution in [3.63, 3.8) is 0 Å². The van der Waals surface area contributed by atoms with Crippen LogP contribution in [0.5, 0.6) is 0 Å². The molecule has 2 heterocycles. The summed E-state index contributed by atoms with van der Waals surface area (Å²) in [7, 11) is 2.02. The number of benzene rings is 1. The maximum Gasteiger partial charge on any atom is 0.191 e. The average Bonchev–Trinajstić information content (AvgIpc) is 3.31. The van der Waals surface area contributed by atoms with Crippen molar-refractivity contribution in [2.24, 2.45) is 12.0 Å². The fourth-order valence-electron chi connectivity index (χ4n) is 2.78. The number of furan rings is 1. The summed E-state index contributed by atoms with van der Waals surface area (Å²) >= 11 is 0. The predicted octanol–water partition coefficient (Wildman–Crippen LogP) is 2.83. The van der Waals surface area contributed by atoms with Crippen LogP contribution in [-0.2, 0) is 24.9 Å². The molecule has 0 radical (unpaired) electrons. The summed E-state index contributed by atoms with van der Waals surface area (Å²) in [5.74, 6) is 2.58. The van der Waals surface area contributed by atoms with E-state index in [-0.39, 0.29) is 0 Å². The first kappa shape index (κ1) is 19.0. The fraction of sp³-hybridized carbons (Fsp3) is 0.400. The Kier molecular flexibility index (Phi) is 6.87. The van der Waals surface area contributed by atoms with Crippen molar-refractivity contribution in [1.29, 1.82) is 0 Å². The van der Waals surface area contributed by atoms with Crippen molar-refractivity contribution in [2.75, 3.05) is 19.7 Å². The number of guanidine groups is 1. The number of para-hydroxylation sites is 2. The molecule has 1 aromatic carbocycles. The van der Waals surface area contributed by atoms with Crippen LogP contribution >= 0.6 is 0 Å². The lowest BCUT2D eigenvalue weighted by Crippen LogP contribution is -2.38. The molecule has 0 aliphatic heterocycles.